The molecule has 0 bridgehead atoms. The number of likely N-dealkylation sites (tertiary alicyclic amines) is 1. The molecule has 102 valence electrons. The third-order valence-corrected chi connectivity index (χ3v) is 5.56. The van der Waals surface area contributed by atoms with Crippen LogP contribution in [0.4, 0.5) is 0 Å². The van der Waals surface area contributed by atoms with Gasteiger partial charge in [0.25, 0.3) is 0 Å². The fourth-order valence-electron chi connectivity index (χ4n) is 3.10. The van der Waals surface area contributed by atoms with Gasteiger partial charge >= 0.3 is 0 Å². The summed E-state index contributed by atoms with van der Waals surface area (Å²) in [4.78, 5) is 4.00. The first-order valence-corrected chi connectivity index (χ1v) is 8.02. The van der Waals surface area contributed by atoms with Crippen LogP contribution in [-0.4, -0.2) is 23.5 Å². The molecule has 2 nitrogen and oxygen atoms in total. The first-order chi connectivity index (χ1) is 8.59. The van der Waals surface area contributed by atoms with E-state index in [2.05, 4.69) is 37.1 Å². The van der Waals surface area contributed by atoms with Crippen LogP contribution in [0.5, 0.6) is 0 Å². The summed E-state index contributed by atoms with van der Waals surface area (Å²) < 4.78 is 0. The molecule has 0 spiro atoms. The van der Waals surface area contributed by atoms with Gasteiger partial charge in [-0.05, 0) is 63.2 Å². The molecule has 1 saturated heterocycles. The fraction of sp³-hybridized carbons (Fsp3) is 0.733. The van der Waals surface area contributed by atoms with E-state index in [4.69, 9.17) is 5.73 Å². The first-order valence-electron chi connectivity index (χ1n) is 7.14. The van der Waals surface area contributed by atoms with Crippen molar-refractivity contribution >= 4 is 11.3 Å². The second-order valence-electron chi connectivity index (χ2n) is 5.67. The molecular formula is C15H26N2S. The van der Waals surface area contributed by atoms with Crippen molar-refractivity contribution in [3.05, 3.63) is 21.9 Å². The minimum Gasteiger partial charge on any atom is -0.322 e. The maximum atomic E-state index is 6.63. The van der Waals surface area contributed by atoms with E-state index >= 15 is 0 Å². The molecule has 0 amide bonds. The van der Waals surface area contributed by atoms with Gasteiger partial charge in [0.15, 0.2) is 0 Å². The topological polar surface area (TPSA) is 29.3 Å². The van der Waals surface area contributed by atoms with E-state index in [-0.39, 0.29) is 11.6 Å². The van der Waals surface area contributed by atoms with Crippen LogP contribution in [0.25, 0.3) is 0 Å². The van der Waals surface area contributed by atoms with Crippen LogP contribution in [-0.2, 0) is 0 Å². The molecule has 0 radical (unpaired) electrons. The molecular weight excluding hydrogens is 240 g/mol. The van der Waals surface area contributed by atoms with Gasteiger partial charge in [0.1, 0.15) is 0 Å². The van der Waals surface area contributed by atoms with Gasteiger partial charge in [0.05, 0.1) is 0 Å². The van der Waals surface area contributed by atoms with Gasteiger partial charge < -0.3 is 5.73 Å². The van der Waals surface area contributed by atoms with Crippen molar-refractivity contribution in [2.75, 3.05) is 13.1 Å². The molecule has 3 heteroatoms. The summed E-state index contributed by atoms with van der Waals surface area (Å²) in [6.45, 7) is 9.23. The average molecular weight is 266 g/mol. The first kappa shape index (κ1) is 14.0. The third kappa shape index (κ3) is 2.49. The number of rotatable bonds is 4. The summed E-state index contributed by atoms with van der Waals surface area (Å²) in [6.07, 6.45) is 5.14. The number of nitrogens with two attached hydrogens (primary N) is 1. The molecule has 2 unspecified atom stereocenters. The molecule has 1 aromatic rings. The molecule has 2 heterocycles. The Balaban J connectivity index is 2.22. The molecule has 1 aromatic heterocycles. The predicted octanol–water partition coefficient (Wildman–Crippen LogP) is 3.71. The van der Waals surface area contributed by atoms with Crippen LogP contribution in [0, 0.1) is 6.92 Å². The lowest BCUT2D eigenvalue weighted by molar-refractivity contribution is 0.0542. The summed E-state index contributed by atoms with van der Waals surface area (Å²) in [5, 5.41) is 2.16. The highest BCUT2D eigenvalue weighted by Crippen LogP contribution is 2.36. The normalized spacial score (nSPS) is 22.7. The zero-order chi connectivity index (χ0) is 13.2. The lowest BCUT2D eigenvalue weighted by Gasteiger charge is -2.47. The van der Waals surface area contributed by atoms with Crippen molar-refractivity contribution in [2.24, 2.45) is 5.73 Å². The molecule has 18 heavy (non-hydrogen) atoms. The fourth-order valence-corrected chi connectivity index (χ4v) is 3.85. The molecule has 0 saturated carbocycles. The Morgan fingerprint density at radius 3 is 2.56 bits per heavy atom. The van der Waals surface area contributed by atoms with Crippen LogP contribution in [0.2, 0.25) is 0 Å². The Morgan fingerprint density at radius 1 is 1.39 bits per heavy atom. The maximum Gasteiger partial charge on any atom is 0.0490 e. The molecule has 2 N–H and O–H groups in total. The van der Waals surface area contributed by atoms with Gasteiger partial charge in [-0.1, -0.05) is 13.3 Å². The zero-order valence-corrected chi connectivity index (χ0v) is 12.7. The summed E-state index contributed by atoms with van der Waals surface area (Å²) in [5.74, 6) is 0. The Kier molecular flexibility index (Phi) is 4.46. The van der Waals surface area contributed by atoms with Gasteiger partial charge in [-0.25, -0.2) is 0 Å². The SMILES string of the molecule is CCC(C)(C(N)c1ccsc1C)N1CCCCC1. The van der Waals surface area contributed by atoms with Crippen molar-refractivity contribution in [2.45, 2.75) is 58.0 Å². The van der Waals surface area contributed by atoms with Gasteiger partial charge in [-0.3, -0.25) is 4.90 Å². The van der Waals surface area contributed by atoms with E-state index in [1.807, 2.05) is 11.3 Å². The second kappa shape index (κ2) is 5.72. The molecule has 1 aliphatic rings. The number of piperidine rings is 1. The Morgan fingerprint density at radius 2 is 2.06 bits per heavy atom. The summed E-state index contributed by atoms with van der Waals surface area (Å²) in [7, 11) is 0. The van der Waals surface area contributed by atoms with Gasteiger partial charge in [-0.15, -0.1) is 11.3 Å². The van der Waals surface area contributed by atoms with Crippen molar-refractivity contribution < 1.29 is 0 Å². The molecule has 1 aliphatic heterocycles. The van der Waals surface area contributed by atoms with Crippen LogP contribution in [0.1, 0.15) is 56.0 Å². The molecule has 1 fully saturated rings. The Bertz CT molecular complexity index is 382. The molecule has 0 aliphatic carbocycles. The summed E-state index contributed by atoms with van der Waals surface area (Å²) >= 11 is 1.81. The van der Waals surface area contributed by atoms with Gasteiger partial charge in [0, 0.05) is 16.5 Å². The number of aryl methyl sites for hydroxylation is 1. The molecule has 2 atom stereocenters. The van der Waals surface area contributed by atoms with Gasteiger partial charge in [-0.2, -0.15) is 0 Å². The number of nitrogens with zero attached hydrogens (tertiary/aromatic N) is 1. The quantitative estimate of drug-likeness (QED) is 0.900. The van der Waals surface area contributed by atoms with Crippen LogP contribution < -0.4 is 5.73 Å². The predicted molar refractivity (Wildman–Crippen MR) is 80.1 cm³/mol. The monoisotopic (exact) mass is 266 g/mol. The second-order valence-corrected chi connectivity index (χ2v) is 6.79. The van der Waals surface area contributed by atoms with E-state index in [1.165, 1.54) is 42.8 Å². The highest BCUT2D eigenvalue weighted by Gasteiger charge is 2.38. The highest BCUT2D eigenvalue weighted by molar-refractivity contribution is 7.10. The smallest absolute Gasteiger partial charge is 0.0490 e. The van der Waals surface area contributed by atoms with E-state index in [9.17, 15) is 0 Å². The van der Waals surface area contributed by atoms with E-state index in [0.29, 0.717) is 0 Å². The van der Waals surface area contributed by atoms with Gasteiger partial charge in [0.2, 0.25) is 0 Å². The summed E-state index contributed by atoms with van der Waals surface area (Å²) in [6, 6.07) is 2.34. The zero-order valence-electron chi connectivity index (χ0n) is 11.9. The van der Waals surface area contributed by atoms with Crippen molar-refractivity contribution in [3.63, 3.8) is 0 Å². The van der Waals surface area contributed by atoms with Crippen LogP contribution >= 0.6 is 11.3 Å². The number of hydrogen-bond acceptors (Lipinski definition) is 3. The van der Waals surface area contributed by atoms with Crippen molar-refractivity contribution in [1.29, 1.82) is 0 Å². The van der Waals surface area contributed by atoms with Crippen molar-refractivity contribution in [1.82, 2.24) is 4.90 Å². The maximum absolute atomic E-state index is 6.63. The largest absolute Gasteiger partial charge is 0.322 e. The van der Waals surface area contributed by atoms with E-state index < -0.39 is 0 Å². The summed E-state index contributed by atoms with van der Waals surface area (Å²) in [5.41, 5.74) is 8.07. The number of thiophene rings is 1. The Hall–Kier alpha value is -0.380. The van der Waals surface area contributed by atoms with E-state index in [1.54, 1.807) is 0 Å². The van der Waals surface area contributed by atoms with Crippen LogP contribution in [0.15, 0.2) is 11.4 Å². The highest BCUT2D eigenvalue weighted by atomic mass is 32.1. The van der Waals surface area contributed by atoms with Crippen LogP contribution in [0.3, 0.4) is 0 Å². The minimum absolute atomic E-state index is 0.103. The molecule has 0 aromatic carbocycles. The Labute approximate surface area is 115 Å². The molecule has 2 rings (SSSR count). The lowest BCUT2D eigenvalue weighted by atomic mass is 9.82. The third-order valence-electron chi connectivity index (χ3n) is 4.70. The standard InChI is InChI=1S/C15H26N2S/c1-4-15(3,17-9-6-5-7-10-17)14(16)13-8-11-18-12(13)2/h8,11,14H,4-7,9-10,16H2,1-3H3. The van der Waals surface area contributed by atoms with Crippen molar-refractivity contribution in [3.8, 4) is 0 Å². The lowest BCUT2D eigenvalue weighted by Crippen LogP contribution is -2.54. The number of hydrogen-bond donors (Lipinski definition) is 1. The minimum atomic E-state index is 0.103. The average Bonchev–Trinajstić information content (AvgIpc) is 2.84. The van der Waals surface area contributed by atoms with E-state index in [0.717, 1.165) is 6.42 Å².